The lowest BCUT2D eigenvalue weighted by molar-refractivity contribution is 1.16. The van der Waals surface area contributed by atoms with Gasteiger partial charge in [-0.3, -0.25) is 0 Å². The number of thiophene rings is 1. The lowest BCUT2D eigenvalue weighted by Crippen LogP contribution is -1.91. The van der Waals surface area contributed by atoms with Crippen molar-refractivity contribution >= 4 is 40.2 Å². The maximum Gasteiger partial charge on any atom is 0.128 e. The van der Waals surface area contributed by atoms with E-state index in [0.29, 0.717) is 20.6 Å². The fourth-order valence-corrected chi connectivity index (χ4v) is 3.19. The van der Waals surface area contributed by atoms with Crippen molar-refractivity contribution in [1.29, 1.82) is 5.26 Å². The average molecular weight is 297 g/mol. The first-order valence-electron chi connectivity index (χ1n) is 5.35. The third-order valence-corrected chi connectivity index (χ3v) is 4.63. The van der Waals surface area contributed by atoms with Crippen LogP contribution in [-0.2, 0) is 6.42 Å². The molecule has 0 aliphatic rings. The van der Waals surface area contributed by atoms with E-state index < -0.39 is 0 Å². The maximum atomic E-state index is 9.03. The Bertz CT molecular complexity index is 641. The van der Waals surface area contributed by atoms with Crippen molar-refractivity contribution < 1.29 is 0 Å². The fourth-order valence-electron chi connectivity index (χ4n) is 1.78. The predicted molar refractivity (Wildman–Crippen MR) is 78.3 cm³/mol. The van der Waals surface area contributed by atoms with Crippen molar-refractivity contribution in [1.82, 2.24) is 0 Å². The summed E-state index contributed by atoms with van der Waals surface area (Å²) >= 11 is 13.3. The monoisotopic (exact) mass is 296 g/mol. The zero-order valence-electron chi connectivity index (χ0n) is 9.63. The molecule has 1 heterocycles. The average Bonchev–Trinajstić information content (AvgIpc) is 2.69. The lowest BCUT2D eigenvalue weighted by atomic mass is 10.1. The van der Waals surface area contributed by atoms with E-state index in [-0.39, 0.29) is 0 Å². The number of nitrogens with zero attached hydrogens (tertiary/aromatic N) is 1. The first kappa shape index (κ1) is 13.2. The van der Waals surface area contributed by atoms with Crippen LogP contribution in [0.2, 0.25) is 10.0 Å². The molecule has 1 aromatic carbocycles. The summed E-state index contributed by atoms with van der Waals surface area (Å²) in [4.78, 5) is 1.54. The molecular formula is C13H10Cl2N2S. The van der Waals surface area contributed by atoms with Gasteiger partial charge in [-0.2, -0.15) is 5.26 Å². The number of nitrogen functional groups attached to an aromatic ring is 1. The molecule has 18 heavy (non-hydrogen) atoms. The number of nitriles is 1. The van der Waals surface area contributed by atoms with Crippen LogP contribution in [0.5, 0.6) is 0 Å². The summed E-state index contributed by atoms with van der Waals surface area (Å²) in [6, 6.07) is 7.56. The van der Waals surface area contributed by atoms with Gasteiger partial charge in [-0.1, -0.05) is 36.2 Å². The van der Waals surface area contributed by atoms with Crippen molar-refractivity contribution in [3.63, 3.8) is 0 Å². The molecule has 2 N–H and O–H groups in total. The number of anilines is 1. The highest BCUT2D eigenvalue weighted by Gasteiger charge is 2.16. The van der Waals surface area contributed by atoms with Crippen LogP contribution in [0.15, 0.2) is 18.2 Å². The van der Waals surface area contributed by atoms with Crippen molar-refractivity contribution in [2.24, 2.45) is 0 Å². The quantitative estimate of drug-likeness (QED) is 0.870. The van der Waals surface area contributed by atoms with Gasteiger partial charge in [0.1, 0.15) is 10.9 Å². The van der Waals surface area contributed by atoms with E-state index in [1.165, 1.54) is 11.3 Å². The molecule has 0 aliphatic heterocycles. The van der Waals surface area contributed by atoms with Gasteiger partial charge in [0.15, 0.2) is 0 Å². The summed E-state index contributed by atoms with van der Waals surface area (Å²) in [6.45, 7) is 2.01. The van der Waals surface area contributed by atoms with Gasteiger partial charge in [0, 0.05) is 4.88 Å². The predicted octanol–water partition coefficient (Wildman–Crippen LogP) is 4.74. The minimum atomic E-state index is 0.502. The molecule has 0 atom stereocenters. The molecule has 0 aliphatic carbocycles. The Morgan fingerprint density at radius 3 is 2.61 bits per heavy atom. The van der Waals surface area contributed by atoms with Gasteiger partial charge in [-0.25, -0.2) is 0 Å². The molecule has 0 bridgehead atoms. The topological polar surface area (TPSA) is 49.8 Å². The molecule has 2 rings (SSSR count). The highest BCUT2D eigenvalue weighted by molar-refractivity contribution is 7.16. The minimum Gasteiger partial charge on any atom is -0.397 e. The normalized spacial score (nSPS) is 10.3. The van der Waals surface area contributed by atoms with Crippen LogP contribution in [0.4, 0.5) is 5.69 Å². The molecule has 0 fully saturated rings. The van der Waals surface area contributed by atoms with Crippen LogP contribution >= 0.6 is 34.5 Å². The van der Waals surface area contributed by atoms with Crippen LogP contribution in [0.3, 0.4) is 0 Å². The molecule has 0 saturated heterocycles. The van der Waals surface area contributed by atoms with E-state index in [9.17, 15) is 0 Å². The van der Waals surface area contributed by atoms with Gasteiger partial charge in [0.05, 0.1) is 15.7 Å². The van der Waals surface area contributed by atoms with Gasteiger partial charge in [0.25, 0.3) is 0 Å². The molecule has 0 spiro atoms. The number of hydrogen-bond acceptors (Lipinski definition) is 3. The Kier molecular flexibility index (Phi) is 3.82. The Labute approximate surface area is 120 Å². The zero-order valence-corrected chi connectivity index (χ0v) is 12.0. The molecule has 1 aromatic heterocycles. The Morgan fingerprint density at radius 2 is 2.06 bits per heavy atom. The molecule has 2 aromatic rings. The number of hydrogen-bond donors (Lipinski definition) is 1. The smallest absolute Gasteiger partial charge is 0.128 e. The van der Waals surface area contributed by atoms with Crippen molar-refractivity contribution in [2.75, 3.05) is 5.73 Å². The van der Waals surface area contributed by atoms with Crippen LogP contribution in [0, 0.1) is 11.3 Å². The van der Waals surface area contributed by atoms with E-state index in [1.807, 2.05) is 13.0 Å². The molecule has 0 unspecified atom stereocenters. The Hall–Kier alpha value is -1.21. The van der Waals surface area contributed by atoms with Crippen molar-refractivity contribution in [2.45, 2.75) is 13.3 Å². The second-order valence-corrected chi connectivity index (χ2v) is 5.58. The van der Waals surface area contributed by atoms with Crippen LogP contribution in [0.1, 0.15) is 17.4 Å². The van der Waals surface area contributed by atoms with Crippen LogP contribution in [-0.4, -0.2) is 0 Å². The number of rotatable bonds is 2. The van der Waals surface area contributed by atoms with Gasteiger partial charge < -0.3 is 5.73 Å². The first-order valence-corrected chi connectivity index (χ1v) is 6.92. The van der Waals surface area contributed by atoms with E-state index in [1.54, 1.807) is 12.1 Å². The van der Waals surface area contributed by atoms with Gasteiger partial charge in [-0.15, -0.1) is 11.3 Å². The summed E-state index contributed by atoms with van der Waals surface area (Å²) in [5.41, 5.74) is 8.47. The maximum absolute atomic E-state index is 9.03. The largest absolute Gasteiger partial charge is 0.397 e. The third kappa shape index (κ3) is 2.20. The van der Waals surface area contributed by atoms with Crippen molar-refractivity contribution in [3.05, 3.63) is 38.7 Å². The van der Waals surface area contributed by atoms with Crippen molar-refractivity contribution in [3.8, 4) is 16.5 Å². The molecule has 2 nitrogen and oxygen atoms in total. The minimum absolute atomic E-state index is 0.502. The third-order valence-electron chi connectivity index (χ3n) is 2.68. The molecule has 5 heteroatoms. The molecule has 0 saturated carbocycles. The lowest BCUT2D eigenvalue weighted by Gasteiger charge is -2.04. The Balaban J connectivity index is 2.63. The summed E-state index contributed by atoms with van der Waals surface area (Å²) in [7, 11) is 0. The second-order valence-electron chi connectivity index (χ2n) is 3.75. The number of nitrogens with two attached hydrogens (primary N) is 1. The standard InChI is InChI=1S/C13H10Cl2N2S/c1-2-8-12(17)11(6-16)18-13(8)7-3-4-9(14)10(15)5-7/h3-5H,2,17H2,1H3. The molecular weight excluding hydrogens is 287 g/mol. The summed E-state index contributed by atoms with van der Waals surface area (Å²) < 4.78 is 0. The van der Waals surface area contributed by atoms with Gasteiger partial charge in [0.2, 0.25) is 0 Å². The fraction of sp³-hybridized carbons (Fsp3) is 0.154. The summed E-state index contributed by atoms with van der Waals surface area (Å²) in [6.07, 6.45) is 0.777. The number of benzene rings is 1. The zero-order chi connectivity index (χ0) is 13.3. The SMILES string of the molecule is CCc1c(-c2ccc(Cl)c(Cl)c2)sc(C#N)c1N. The van der Waals surface area contributed by atoms with Gasteiger partial charge >= 0.3 is 0 Å². The van der Waals surface area contributed by atoms with E-state index in [2.05, 4.69) is 6.07 Å². The molecule has 0 radical (unpaired) electrons. The van der Waals surface area contributed by atoms with Crippen LogP contribution < -0.4 is 5.73 Å². The van der Waals surface area contributed by atoms with E-state index in [0.717, 1.165) is 22.4 Å². The number of halogens is 2. The first-order chi connectivity index (χ1) is 8.58. The highest BCUT2D eigenvalue weighted by Crippen LogP contribution is 2.40. The Morgan fingerprint density at radius 1 is 1.33 bits per heavy atom. The molecule has 0 amide bonds. The van der Waals surface area contributed by atoms with E-state index in [4.69, 9.17) is 34.2 Å². The summed E-state index contributed by atoms with van der Waals surface area (Å²) in [5, 5.41) is 10.0. The highest BCUT2D eigenvalue weighted by atomic mass is 35.5. The molecule has 92 valence electrons. The summed E-state index contributed by atoms with van der Waals surface area (Å²) in [5.74, 6) is 0. The van der Waals surface area contributed by atoms with E-state index >= 15 is 0 Å². The second kappa shape index (κ2) is 5.19. The van der Waals surface area contributed by atoms with Crippen LogP contribution in [0.25, 0.3) is 10.4 Å². The van der Waals surface area contributed by atoms with Gasteiger partial charge in [-0.05, 0) is 29.7 Å².